The van der Waals surface area contributed by atoms with Crippen LogP contribution >= 0.6 is 0 Å². The summed E-state index contributed by atoms with van der Waals surface area (Å²) in [7, 11) is 0. The average Bonchev–Trinajstić information content (AvgIpc) is 3.20. The maximum absolute atomic E-state index is 12.6. The van der Waals surface area contributed by atoms with Crippen LogP contribution in [0.4, 0.5) is 0 Å². The minimum Gasteiger partial charge on any atom is -0.454 e. The number of nitrogens with one attached hydrogen (secondary N) is 2. The van der Waals surface area contributed by atoms with Crippen molar-refractivity contribution in [1.82, 2.24) is 15.0 Å². The molecule has 28 heavy (non-hydrogen) atoms. The van der Waals surface area contributed by atoms with Crippen molar-refractivity contribution >= 4 is 10.9 Å². The smallest absolute Gasteiger partial charge is 0.282 e. The average molecular weight is 381 g/mol. The number of benzene rings is 2. The van der Waals surface area contributed by atoms with Crippen LogP contribution in [0.25, 0.3) is 10.9 Å². The van der Waals surface area contributed by atoms with Crippen LogP contribution in [0.3, 0.4) is 0 Å². The first-order valence-corrected chi connectivity index (χ1v) is 9.64. The molecule has 2 N–H and O–H groups in total. The molecular formula is C20H23N5O3+2. The number of piperazine rings is 1. The Hall–Kier alpha value is -2.97. The van der Waals surface area contributed by atoms with E-state index in [2.05, 4.69) is 22.4 Å². The summed E-state index contributed by atoms with van der Waals surface area (Å²) in [5, 5.41) is 8.93. The summed E-state index contributed by atoms with van der Waals surface area (Å²) in [6, 6.07) is 13.5. The van der Waals surface area contributed by atoms with Crippen LogP contribution in [-0.4, -0.2) is 48.0 Å². The Balaban J connectivity index is 1.21. The lowest BCUT2D eigenvalue weighted by atomic mass is 10.1. The van der Waals surface area contributed by atoms with Crippen molar-refractivity contribution in [3.8, 4) is 11.5 Å². The summed E-state index contributed by atoms with van der Waals surface area (Å²) in [6.07, 6.45) is 0. The Labute approximate surface area is 161 Å². The molecule has 0 bridgehead atoms. The number of ether oxygens (including phenoxy) is 2. The molecular weight excluding hydrogens is 358 g/mol. The first kappa shape index (κ1) is 17.2. The quantitative estimate of drug-likeness (QED) is 0.573. The predicted octanol–water partition coefficient (Wildman–Crippen LogP) is -1.54. The highest BCUT2D eigenvalue weighted by atomic mass is 16.7. The van der Waals surface area contributed by atoms with Gasteiger partial charge >= 0.3 is 0 Å². The van der Waals surface area contributed by atoms with Gasteiger partial charge in [-0.2, -0.15) is 4.68 Å². The summed E-state index contributed by atoms with van der Waals surface area (Å²) in [5.41, 5.74) is 1.85. The van der Waals surface area contributed by atoms with Crippen molar-refractivity contribution in [3.63, 3.8) is 0 Å². The van der Waals surface area contributed by atoms with Crippen LogP contribution in [0, 0.1) is 0 Å². The minimum atomic E-state index is -0.0618. The van der Waals surface area contributed by atoms with Crippen LogP contribution in [0.15, 0.2) is 47.3 Å². The summed E-state index contributed by atoms with van der Waals surface area (Å²) in [4.78, 5) is 15.5. The molecule has 1 fully saturated rings. The van der Waals surface area contributed by atoms with Gasteiger partial charge in [-0.25, -0.2) is 0 Å². The molecule has 3 aromatic rings. The molecule has 8 nitrogen and oxygen atoms in total. The van der Waals surface area contributed by atoms with Gasteiger partial charge in [-0.3, -0.25) is 4.79 Å². The Bertz CT molecular complexity index is 1060. The van der Waals surface area contributed by atoms with Crippen molar-refractivity contribution < 1.29 is 19.3 Å². The summed E-state index contributed by atoms with van der Waals surface area (Å²) < 4.78 is 12.4. The normalized spacial score (nSPS) is 21.1. The van der Waals surface area contributed by atoms with Crippen LogP contribution in [0.1, 0.15) is 5.56 Å². The minimum absolute atomic E-state index is 0.0618. The Morgan fingerprint density at radius 2 is 1.75 bits per heavy atom. The Morgan fingerprint density at radius 3 is 2.64 bits per heavy atom. The number of hydrogen-bond donors (Lipinski definition) is 2. The molecule has 8 heteroatoms. The number of quaternary nitrogens is 2. The molecule has 5 rings (SSSR count). The molecule has 0 atom stereocenters. The standard InChI is InChI=1S/C20H21N5O3/c26-20-16-3-1-2-4-17(16)21-22-25(20)13-24-9-7-23(8-10-24)12-15-5-6-18-19(11-15)28-14-27-18/h1-6,11H,7-10,12-14H2/p+2. The third kappa shape index (κ3) is 3.32. The number of fused-ring (bicyclic) bond motifs is 2. The van der Waals surface area contributed by atoms with E-state index in [9.17, 15) is 4.79 Å². The van der Waals surface area contributed by atoms with Gasteiger partial charge in [0.25, 0.3) is 5.56 Å². The Morgan fingerprint density at radius 1 is 0.964 bits per heavy atom. The van der Waals surface area contributed by atoms with Crippen molar-refractivity contribution in [2.75, 3.05) is 33.0 Å². The fourth-order valence-corrected chi connectivity index (χ4v) is 3.97. The van der Waals surface area contributed by atoms with Gasteiger partial charge in [0.1, 0.15) is 38.2 Å². The first-order chi connectivity index (χ1) is 13.8. The molecule has 0 radical (unpaired) electrons. The van der Waals surface area contributed by atoms with E-state index in [1.165, 1.54) is 15.1 Å². The second-order valence-corrected chi connectivity index (χ2v) is 7.43. The lowest BCUT2D eigenvalue weighted by molar-refractivity contribution is -1.03. The first-order valence-electron chi connectivity index (χ1n) is 9.64. The SMILES string of the molecule is O=c1c2ccccc2nnn1C[NH+]1CC[NH+](Cc2ccc3c(c2)OCO3)CC1. The number of rotatable bonds is 4. The van der Waals surface area contributed by atoms with Gasteiger partial charge in [0, 0.05) is 5.56 Å². The van der Waals surface area contributed by atoms with Gasteiger partial charge in [-0.1, -0.05) is 17.3 Å². The summed E-state index contributed by atoms with van der Waals surface area (Å²) >= 11 is 0. The zero-order valence-corrected chi connectivity index (χ0v) is 15.6. The number of nitrogens with zero attached hydrogens (tertiary/aromatic N) is 3. The summed E-state index contributed by atoms with van der Waals surface area (Å²) in [6.45, 7) is 5.96. The van der Waals surface area contributed by atoms with Crippen LogP contribution in [0.5, 0.6) is 11.5 Å². The van der Waals surface area contributed by atoms with Crippen molar-refractivity contribution in [2.24, 2.45) is 0 Å². The highest BCUT2D eigenvalue weighted by Crippen LogP contribution is 2.32. The molecule has 0 spiro atoms. The lowest BCUT2D eigenvalue weighted by Crippen LogP contribution is -3.27. The van der Waals surface area contributed by atoms with E-state index in [0.717, 1.165) is 44.2 Å². The van der Waals surface area contributed by atoms with Gasteiger partial charge in [0.15, 0.2) is 18.2 Å². The van der Waals surface area contributed by atoms with E-state index in [1.807, 2.05) is 30.3 Å². The highest BCUT2D eigenvalue weighted by Gasteiger charge is 2.25. The fraction of sp³-hybridized carbons (Fsp3) is 0.350. The second-order valence-electron chi connectivity index (χ2n) is 7.43. The maximum Gasteiger partial charge on any atom is 0.282 e. The van der Waals surface area contributed by atoms with Gasteiger partial charge in [0.05, 0.1) is 5.39 Å². The van der Waals surface area contributed by atoms with E-state index in [0.29, 0.717) is 24.4 Å². The van der Waals surface area contributed by atoms with Gasteiger partial charge in [-0.15, -0.1) is 5.10 Å². The predicted molar refractivity (Wildman–Crippen MR) is 101 cm³/mol. The van der Waals surface area contributed by atoms with E-state index < -0.39 is 0 Å². The molecule has 0 unspecified atom stereocenters. The van der Waals surface area contributed by atoms with E-state index in [1.54, 1.807) is 4.90 Å². The zero-order chi connectivity index (χ0) is 18.9. The molecule has 144 valence electrons. The molecule has 2 aliphatic rings. The Kier molecular flexibility index (Phi) is 4.42. The lowest BCUT2D eigenvalue weighted by Gasteiger charge is -2.29. The topological polar surface area (TPSA) is 75.1 Å². The molecule has 0 aliphatic carbocycles. The third-order valence-corrected chi connectivity index (χ3v) is 5.56. The second kappa shape index (κ2) is 7.21. The number of aromatic nitrogens is 3. The maximum atomic E-state index is 12.6. The van der Waals surface area contributed by atoms with Crippen molar-refractivity contribution in [1.29, 1.82) is 0 Å². The van der Waals surface area contributed by atoms with Crippen LogP contribution < -0.4 is 24.8 Å². The van der Waals surface area contributed by atoms with Gasteiger partial charge in [-0.05, 0) is 30.3 Å². The van der Waals surface area contributed by atoms with E-state index >= 15 is 0 Å². The molecule has 0 amide bonds. The molecule has 2 aromatic carbocycles. The molecule has 3 heterocycles. The number of hydrogen-bond acceptors (Lipinski definition) is 5. The molecule has 2 aliphatic heterocycles. The van der Waals surface area contributed by atoms with E-state index in [4.69, 9.17) is 9.47 Å². The van der Waals surface area contributed by atoms with E-state index in [-0.39, 0.29) is 5.56 Å². The van der Waals surface area contributed by atoms with Crippen LogP contribution in [0.2, 0.25) is 0 Å². The van der Waals surface area contributed by atoms with Crippen molar-refractivity contribution in [2.45, 2.75) is 13.2 Å². The van der Waals surface area contributed by atoms with Crippen LogP contribution in [-0.2, 0) is 13.2 Å². The highest BCUT2D eigenvalue weighted by molar-refractivity contribution is 5.76. The molecule has 1 aromatic heterocycles. The fourth-order valence-electron chi connectivity index (χ4n) is 3.97. The third-order valence-electron chi connectivity index (χ3n) is 5.56. The zero-order valence-electron chi connectivity index (χ0n) is 15.6. The summed E-state index contributed by atoms with van der Waals surface area (Å²) in [5.74, 6) is 1.67. The van der Waals surface area contributed by atoms with Crippen molar-refractivity contribution in [3.05, 3.63) is 58.4 Å². The molecule has 1 saturated heterocycles. The van der Waals surface area contributed by atoms with Gasteiger partial charge in [0.2, 0.25) is 6.79 Å². The van der Waals surface area contributed by atoms with Gasteiger partial charge < -0.3 is 19.3 Å². The monoisotopic (exact) mass is 381 g/mol. The largest absolute Gasteiger partial charge is 0.454 e. The molecule has 0 saturated carbocycles.